The van der Waals surface area contributed by atoms with E-state index < -0.39 is 17.8 Å². The highest BCUT2D eigenvalue weighted by Crippen LogP contribution is 2.38. The molecular formula is C15H19NO5. The molecule has 2 rings (SSSR count). The summed E-state index contributed by atoms with van der Waals surface area (Å²) in [4.78, 5) is 22.4. The lowest BCUT2D eigenvalue weighted by atomic mass is 10.3. The highest BCUT2D eigenvalue weighted by molar-refractivity contribution is 5.89. The third-order valence-corrected chi connectivity index (χ3v) is 3.39. The molecule has 1 aromatic rings. The van der Waals surface area contributed by atoms with Gasteiger partial charge in [-0.1, -0.05) is 6.07 Å². The number of amides is 1. The van der Waals surface area contributed by atoms with Gasteiger partial charge in [-0.15, -0.1) is 0 Å². The van der Waals surface area contributed by atoms with E-state index in [-0.39, 0.29) is 12.0 Å². The molecule has 6 heteroatoms. The summed E-state index contributed by atoms with van der Waals surface area (Å²) in [7, 11) is 1.58. The van der Waals surface area contributed by atoms with Crippen LogP contribution in [0.4, 0.5) is 0 Å². The first-order chi connectivity index (χ1) is 10.0. The van der Waals surface area contributed by atoms with Crippen molar-refractivity contribution in [3.8, 4) is 11.5 Å². The average molecular weight is 293 g/mol. The molecule has 3 unspecified atom stereocenters. The Kier molecular flexibility index (Phi) is 4.67. The predicted molar refractivity (Wildman–Crippen MR) is 75.3 cm³/mol. The van der Waals surface area contributed by atoms with Crippen LogP contribution < -0.4 is 14.8 Å². The zero-order chi connectivity index (χ0) is 15.4. The van der Waals surface area contributed by atoms with Crippen molar-refractivity contribution >= 4 is 11.9 Å². The first kappa shape index (κ1) is 15.2. The summed E-state index contributed by atoms with van der Waals surface area (Å²) in [5.74, 6) is -0.692. The van der Waals surface area contributed by atoms with Crippen molar-refractivity contribution in [2.24, 2.45) is 11.8 Å². The fraction of sp³-hybridized carbons (Fsp3) is 0.467. The molecule has 0 saturated heterocycles. The number of carbonyl (C=O) groups is 2. The van der Waals surface area contributed by atoms with E-state index in [1.54, 1.807) is 13.2 Å². The number of carbonyl (C=O) groups excluding carboxylic acids is 1. The van der Waals surface area contributed by atoms with Crippen LogP contribution in [0.2, 0.25) is 0 Å². The molecule has 1 fully saturated rings. The fourth-order valence-corrected chi connectivity index (χ4v) is 2.08. The quantitative estimate of drug-likeness (QED) is 0.791. The Balaban J connectivity index is 1.76. The van der Waals surface area contributed by atoms with Crippen molar-refractivity contribution in [3.63, 3.8) is 0 Å². The second kappa shape index (κ2) is 6.47. The molecule has 1 aliphatic rings. The summed E-state index contributed by atoms with van der Waals surface area (Å²) in [5, 5.41) is 11.5. The van der Waals surface area contributed by atoms with Gasteiger partial charge < -0.3 is 19.9 Å². The Hall–Kier alpha value is -2.24. The molecule has 6 nitrogen and oxygen atoms in total. The van der Waals surface area contributed by atoms with Gasteiger partial charge in [-0.3, -0.25) is 9.59 Å². The van der Waals surface area contributed by atoms with E-state index in [9.17, 15) is 9.59 Å². The normalized spacial score (nSPS) is 21.2. The number of hydrogen-bond donors (Lipinski definition) is 2. The van der Waals surface area contributed by atoms with Crippen LogP contribution in [0.5, 0.6) is 11.5 Å². The largest absolute Gasteiger partial charge is 0.497 e. The molecule has 0 aromatic heterocycles. The van der Waals surface area contributed by atoms with Gasteiger partial charge in [-0.25, -0.2) is 0 Å². The molecule has 1 aliphatic carbocycles. The third-order valence-electron chi connectivity index (χ3n) is 3.39. The standard InChI is InChI=1S/C15H19NO5/c1-9(21-11-5-3-4-10(6-11)20-2)8-16-14(17)12-7-13(12)15(18)19/h3-6,9,12-13H,7-8H2,1-2H3,(H,16,17)(H,18,19). The Morgan fingerprint density at radius 2 is 2.10 bits per heavy atom. The minimum atomic E-state index is -0.907. The SMILES string of the molecule is COc1cccc(OC(C)CNC(=O)C2CC2C(=O)O)c1. The summed E-state index contributed by atoms with van der Waals surface area (Å²) in [5.41, 5.74) is 0. The zero-order valence-electron chi connectivity index (χ0n) is 12.0. The van der Waals surface area contributed by atoms with Crippen molar-refractivity contribution in [1.29, 1.82) is 0 Å². The summed E-state index contributed by atoms with van der Waals surface area (Å²) in [6.45, 7) is 2.17. The average Bonchev–Trinajstić information content (AvgIpc) is 3.25. The van der Waals surface area contributed by atoms with Gasteiger partial charge in [0.05, 0.1) is 25.5 Å². The Morgan fingerprint density at radius 1 is 1.38 bits per heavy atom. The van der Waals surface area contributed by atoms with Crippen LogP contribution in [0.25, 0.3) is 0 Å². The summed E-state index contributed by atoms with van der Waals surface area (Å²) in [6.07, 6.45) is 0.204. The van der Waals surface area contributed by atoms with Gasteiger partial charge in [0.1, 0.15) is 17.6 Å². The van der Waals surface area contributed by atoms with Crippen LogP contribution in [0.1, 0.15) is 13.3 Å². The molecule has 21 heavy (non-hydrogen) atoms. The maximum atomic E-state index is 11.7. The van der Waals surface area contributed by atoms with E-state index in [4.69, 9.17) is 14.6 Å². The van der Waals surface area contributed by atoms with Gasteiger partial charge in [-0.05, 0) is 25.5 Å². The van der Waals surface area contributed by atoms with Crippen molar-refractivity contribution in [1.82, 2.24) is 5.32 Å². The van der Waals surface area contributed by atoms with E-state index in [1.807, 2.05) is 25.1 Å². The van der Waals surface area contributed by atoms with E-state index in [0.29, 0.717) is 24.5 Å². The molecule has 3 atom stereocenters. The topological polar surface area (TPSA) is 84.9 Å². The van der Waals surface area contributed by atoms with Gasteiger partial charge in [0.25, 0.3) is 0 Å². The van der Waals surface area contributed by atoms with Crippen molar-refractivity contribution in [2.75, 3.05) is 13.7 Å². The molecule has 0 radical (unpaired) electrons. The van der Waals surface area contributed by atoms with Crippen molar-refractivity contribution in [2.45, 2.75) is 19.4 Å². The van der Waals surface area contributed by atoms with Crippen LogP contribution in [-0.4, -0.2) is 36.7 Å². The minimum Gasteiger partial charge on any atom is -0.497 e. The highest BCUT2D eigenvalue weighted by Gasteiger charge is 2.48. The maximum absolute atomic E-state index is 11.7. The second-order valence-corrected chi connectivity index (χ2v) is 5.14. The number of carboxylic acids is 1. The van der Waals surface area contributed by atoms with Crippen molar-refractivity contribution < 1.29 is 24.2 Å². The predicted octanol–water partition coefficient (Wildman–Crippen LogP) is 1.30. The van der Waals surface area contributed by atoms with Gasteiger partial charge >= 0.3 is 5.97 Å². The number of hydrogen-bond acceptors (Lipinski definition) is 4. The van der Waals surface area contributed by atoms with Crippen LogP contribution in [-0.2, 0) is 9.59 Å². The number of methoxy groups -OCH3 is 1. The first-order valence-electron chi connectivity index (χ1n) is 6.82. The van der Waals surface area contributed by atoms with Crippen molar-refractivity contribution in [3.05, 3.63) is 24.3 Å². The molecule has 2 N–H and O–H groups in total. The number of benzene rings is 1. The Labute approximate surface area is 123 Å². The van der Waals surface area contributed by atoms with E-state index in [2.05, 4.69) is 5.32 Å². The molecule has 114 valence electrons. The molecule has 0 heterocycles. The molecule has 0 aliphatic heterocycles. The summed E-state index contributed by atoms with van der Waals surface area (Å²) >= 11 is 0. The molecular weight excluding hydrogens is 274 g/mol. The zero-order valence-corrected chi connectivity index (χ0v) is 12.0. The van der Waals surface area contributed by atoms with E-state index >= 15 is 0 Å². The highest BCUT2D eigenvalue weighted by atomic mass is 16.5. The number of nitrogens with one attached hydrogen (secondary N) is 1. The van der Waals surface area contributed by atoms with Gasteiger partial charge in [-0.2, -0.15) is 0 Å². The lowest BCUT2D eigenvalue weighted by molar-refractivity contribution is -0.140. The fourth-order valence-electron chi connectivity index (χ4n) is 2.08. The minimum absolute atomic E-state index is 0.219. The lowest BCUT2D eigenvalue weighted by Gasteiger charge is -2.16. The Morgan fingerprint density at radius 3 is 2.71 bits per heavy atom. The van der Waals surface area contributed by atoms with Crippen LogP contribution >= 0.6 is 0 Å². The molecule has 1 amide bonds. The van der Waals surface area contributed by atoms with Crippen LogP contribution in [0, 0.1) is 11.8 Å². The van der Waals surface area contributed by atoms with Gasteiger partial charge in [0.15, 0.2) is 0 Å². The summed E-state index contributed by atoms with van der Waals surface area (Å²) < 4.78 is 10.8. The smallest absolute Gasteiger partial charge is 0.307 e. The number of aliphatic carboxylic acids is 1. The van der Waals surface area contributed by atoms with Crippen LogP contribution in [0.15, 0.2) is 24.3 Å². The maximum Gasteiger partial charge on any atom is 0.307 e. The first-order valence-corrected chi connectivity index (χ1v) is 6.82. The Bertz CT molecular complexity index is 531. The van der Waals surface area contributed by atoms with E-state index in [1.165, 1.54) is 0 Å². The molecule has 0 bridgehead atoms. The monoisotopic (exact) mass is 293 g/mol. The molecule has 0 spiro atoms. The van der Waals surface area contributed by atoms with Gasteiger partial charge in [0, 0.05) is 6.07 Å². The number of ether oxygens (including phenoxy) is 2. The summed E-state index contributed by atoms with van der Waals surface area (Å²) in [6, 6.07) is 7.21. The lowest BCUT2D eigenvalue weighted by Crippen LogP contribution is -2.35. The molecule has 1 aromatic carbocycles. The molecule has 1 saturated carbocycles. The van der Waals surface area contributed by atoms with E-state index in [0.717, 1.165) is 0 Å². The number of carboxylic acid groups (broad SMARTS) is 1. The third kappa shape index (κ3) is 4.11. The van der Waals surface area contributed by atoms with Gasteiger partial charge in [0.2, 0.25) is 5.91 Å². The second-order valence-electron chi connectivity index (χ2n) is 5.14. The number of rotatable bonds is 7. The van der Waals surface area contributed by atoms with Crippen LogP contribution in [0.3, 0.4) is 0 Å².